The van der Waals surface area contributed by atoms with Crippen molar-refractivity contribution in [2.24, 2.45) is 0 Å². The highest BCUT2D eigenvalue weighted by atomic mass is 32.2. The molecule has 1 aliphatic rings. The van der Waals surface area contributed by atoms with Crippen molar-refractivity contribution in [3.05, 3.63) is 45.9 Å². The minimum atomic E-state index is -0.282. The van der Waals surface area contributed by atoms with E-state index in [4.69, 9.17) is 4.98 Å². The first kappa shape index (κ1) is 19.4. The number of rotatable bonds is 6. The van der Waals surface area contributed by atoms with Crippen molar-refractivity contribution in [2.45, 2.75) is 36.7 Å². The fourth-order valence-electron chi connectivity index (χ4n) is 3.40. The number of carbonyl (C=O) groups excluding carboxylic acids is 1. The average Bonchev–Trinajstić information content (AvgIpc) is 3.44. The molecule has 5 nitrogen and oxygen atoms in total. The van der Waals surface area contributed by atoms with Crippen molar-refractivity contribution in [1.29, 1.82) is 0 Å². The summed E-state index contributed by atoms with van der Waals surface area (Å²) in [6.45, 7) is 7.70. The van der Waals surface area contributed by atoms with E-state index in [1.165, 1.54) is 23.1 Å². The Hall–Kier alpha value is -1.90. The highest BCUT2D eigenvalue weighted by molar-refractivity contribution is 8.00. The minimum Gasteiger partial charge on any atom is -0.342 e. The number of amides is 1. The fourth-order valence-corrected chi connectivity index (χ4v) is 6.21. The van der Waals surface area contributed by atoms with E-state index in [1.807, 2.05) is 34.7 Å². The summed E-state index contributed by atoms with van der Waals surface area (Å²) < 4.78 is 1.64. The third-order valence-electron chi connectivity index (χ3n) is 4.80. The Kier molecular flexibility index (Phi) is 5.70. The van der Waals surface area contributed by atoms with Gasteiger partial charge < -0.3 is 4.90 Å². The van der Waals surface area contributed by atoms with Crippen LogP contribution in [0.25, 0.3) is 20.7 Å². The quantitative estimate of drug-likeness (QED) is 0.328. The Morgan fingerprint density at radius 1 is 1.39 bits per heavy atom. The summed E-state index contributed by atoms with van der Waals surface area (Å²) >= 11 is 4.45. The molecule has 0 aliphatic carbocycles. The predicted molar refractivity (Wildman–Crippen MR) is 119 cm³/mol. The molecule has 0 saturated carbocycles. The molecule has 8 heteroatoms. The summed E-state index contributed by atoms with van der Waals surface area (Å²) in [4.78, 5) is 34.5. The van der Waals surface area contributed by atoms with Gasteiger partial charge in [0, 0.05) is 35.5 Å². The van der Waals surface area contributed by atoms with Crippen LogP contribution in [0.1, 0.15) is 19.8 Å². The Labute approximate surface area is 175 Å². The number of likely N-dealkylation sites (tertiary alicyclic amines) is 1. The first-order chi connectivity index (χ1) is 13.6. The molecular formula is C20H21N3O2S3. The Balaban J connectivity index is 1.74. The summed E-state index contributed by atoms with van der Waals surface area (Å²) in [7, 11) is 0. The van der Waals surface area contributed by atoms with E-state index in [0.717, 1.165) is 41.2 Å². The molecule has 3 aromatic heterocycles. The lowest BCUT2D eigenvalue weighted by Crippen LogP contribution is -2.34. The van der Waals surface area contributed by atoms with Gasteiger partial charge in [-0.25, -0.2) is 4.98 Å². The number of aromatic nitrogens is 2. The highest BCUT2D eigenvalue weighted by Crippen LogP contribution is 2.35. The molecule has 28 heavy (non-hydrogen) atoms. The van der Waals surface area contributed by atoms with Crippen LogP contribution in [0.2, 0.25) is 0 Å². The van der Waals surface area contributed by atoms with Crippen LogP contribution in [0.15, 0.2) is 45.5 Å². The van der Waals surface area contributed by atoms with Crippen molar-refractivity contribution in [1.82, 2.24) is 14.5 Å². The van der Waals surface area contributed by atoms with Crippen LogP contribution in [-0.2, 0) is 11.3 Å². The van der Waals surface area contributed by atoms with E-state index in [-0.39, 0.29) is 16.7 Å². The molecule has 146 valence electrons. The molecule has 1 aliphatic heterocycles. The van der Waals surface area contributed by atoms with Gasteiger partial charge in [0.2, 0.25) is 5.91 Å². The van der Waals surface area contributed by atoms with Crippen LogP contribution in [-0.4, -0.2) is 38.7 Å². The minimum absolute atomic E-state index is 0.0714. The Morgan fingerprint density at radius 3 is 2.86 bits per heavy atom. The van der Waals surface area contributed by atoms with E-state index < -0.39 is 0 Å². The zero-order valence-electron chi connectivity index (χ0n) is 15.6. The molecule has 4 rings (SSSR count). The average molecular weight is 432 g/mol. The van der Waals surface area contributed by atoms with Crippen molar-refractivity contribution >= 4 is 50.6 Å². The molecule has 1 unspecified atom stereocenters. The van der Waals surface area contributed by atoms with E-state index in [9.17, 15) is 9.59 Å². The molecular weight excluding hydrogens is 410 g/mol. The molecule has 0 radical (unpaired) electrons. The molecule has 3 aromatic rings. The first-order valence-corrected chi connectivity index (χ1v) is 11.9. The lowest BCUT2D eigenvalue weighted by atomic mass is 10.2. The van der Waals surface area contributed by atoms with E-state index in [0.29, 0.717) is 17.1 Å². The number of fused-ring (bicyclic) bond motifs is 1. The summed E-state index contributed by atoms with van der Waals surface area (Å²) in [5.41, 5.74) is 0.862. The van der Waals surface area contributed by atoms with Gasteiger partial charge in [-0.15, -0.1) is 29.3 Å². The van der Waals surface area contributed by atoms with E-state index in [1.54, 1.807) is 22.0 Å². The summed E-state index contributed by atoms with van der Waals surface area (Å²) in [6.07, 6.45) is 3.83. The monoisotopic (exact) mass is 431 g/mol. The second-order valence-corrected chi connectivity index (χ2v) is 9.81. The number of nitrogens with zero attached hydrogens (tertiary/aromatic N) is 3. The molecule has 0 spiro atoms. The molecule has 1 atom stereocenters. The van der Waals surface area contributed by atoms with Gasteiger partial charge in [-0.2, -0.15) is 0 Å². The number of carbonyl (C=O) groups is 1. The zero-order valence-corrected chi connectivity index (χ0v) is 18.0. The lowest BCUT2D eigenvalue weighted by Gasteiger charge is -2.20. The predicted octanol–water partition coefficient (Wildman–Crippen LogP) is 4.48. The fraction of sp³-hybridized carbons (Fsp3) is 0.350. The van der Waals surface area contributed by atoms with Gasteiger partial charge in [0.15, 0.2) is 5.16 Å². The molecule has 1 amide bonds. The Bertz CT molecular complexity index is 1060. The van der Waals surface area contributed by atoms with Crippen molar-refractivity contribution in [2.75, 3.05) is 13.1 Å². The van der Waals surface area contributed by atoms with Crippen LogP contribution in [0.3, 0.4) is 0 Å². The van der Waals surface area contributed by atoms with Crippen molar-refractivity contribution in [3.8, 4) is 10.4 Å². The van der Waals surface area contributed by atoms with Gasteiger partial charge in [0.25, 0.3) is 5.56 Å². The smallest absolute Gasteiger partial charge is 0.263 e. The number of hydrogen-bond donors (Lipinski definition) is 0. The molecule has 1 fully saturated rings. The molecule has 0 bridgehead atoms. The maximum atomic E-state index is 13.3. The van der Waals surface area contributed by atoms with Gasteiger partial charge in [0.1, 0.15) is 4.83 Å². The van der Waals surface area contributed by atoms with Gasteiger partial charge in [0.05, 0.1) is 10.6 Å². The number of thioether (sulfide) groups is 1. The van der Waals surface area contributed by atoms with Gasteiger partial charge in [-0.3, -0.25) is 14.2 Å². The zero-order chi connectivity index (χ0) is 19.7. The number of allylic oxidation sites excluding steroid dienone is 1. The maximum Gasteiger partial charge on any atom is 0.263 e. The van der Waals surface area contributed by atoms with Crippen LogP contribution in [0.4, 0.5) is 0 Å². The van der Waals surface area contributed by atoms with Gasteiger partial charge >= 0.3 is 0 Å². The maximum absolute atomic E-state index is 13.3. The summed E-state index contributed by atoms with van der Waals surface area (Å²) in [6, 6.07) is 4.00. The molecule has 0 N–H and O–H groups in total. The lowest BCUT2D eigenvalue weighted by molar-refractivity contribution is -0.129. The van der Waals surface area contributed by atoms with Gasteiger partial charge in [-0.05, 0) is 31.2 Å². The molecule has 1 saturated heterocycles. The topological polar surface area (TPSA) is 55.2 Å². The second-order valence-electron chi connectivity index (χ2n) is 6.70. The standard InChI is InChI=1S/C20H21N3O2S3/c1-3-8-23-19(25)16-14(15-7-6-11-26-15)12-27-17(16)21-20(23)28-13(2)18(24)22-9-4-5-10-22/h3,6-7,11-13H,1,4-5,8-10H2,2H3. The SMILES string of the molecule is C=CCn1c(SC(C)C(=O)N2CCCC2)nc2scc(-c3cccs3)c2c1=O. The third-order valence-corrected chi connectivity index (χ3v) is 7.66. The largest absolute Gasteiger partial charge is 0.342 e. The second kappa shape index (κ2) is 8.23. The van der Waals surface area contributed by atoms with Crippen LogP contribution < -0.4 is 5.56 Å². The van der Waals surface area contributed by atoms with Crippen LogP contribution in [0, 0.1) is 0 Å². The third kappa shape index (κ3) is 3.56. The first-order valence-electron chi connectivity index (χ1n) is 9.22. The van der Waals surface area contributed by atoms with E-state index >= 15 is 0 Å². The number of hydrogen-bond acceptors (Lipinski definition) is 6. The normalized spacial score (nSPS) is 15.2. The summed E-state index contributed by atoms with van der Waals surface area (Å²) in [5, 5.41) is 4.95. The summed E-state index contributed by atoms with van der Waals surface area (Å²) in [5.74, 6) is 0.118. The van der Waals surface area contributed by atoms with E-state index in [2.05, 4.69) is 6.58 Å². The highest BCUT2D eigenvalue weighted by Gasteiger charge is 2.26. The van der Waals surface area contributed by atoms with Crippen molar-refractivity contribution in [3.63, 3.8) is 0 Å². The molecule has 0 aromatic carbocycles. The Morgan fingerprint density at radius 2 is 2.18 bits per heavy atom. The van der Waals surface area contributed by atoms with Crippen LogP contribution in [0.5, 0.6) is 0 Å². The molecule has 4 heterocycles. The number of thiophene rings is 2. The van der Waals surface area contributed by atoms with Crippen molar-refractivity contribution < 1.29 is 4.79 Å². The van der Waals surface area contributed by atoms with Crippen LogP contribution >= 0.6 is 34.4 Å². The van der Waals surface area contributed by atoms with Gasteiger partial charge in [-0.1, -0.05) is 23.9 Å².